The Kier molecular flexibility index (Phi) is 5.64. The number of anilines is 2. The molecule has 1 fully saturated rings. The van der Waals surface area contributed by atoms with Crippen molar-refractivity contribution in [3.63, 3.8) is 0 Å². The van der Waals surface area contributed by atoms with E-state index in [-0.39, 0.29) is 17.9 Å². The van der Waals surface area contributed by atoms with E-state index in [1.54, 1.807) is 41.8 Å². The summed E-state index contributed by atoms with van der Waals surface area (Å²) in [7, 11) is 1.64. The number of aromatic nitrogens is 4. The van der Waals surface area contributed by atoms with Gasteiger partial charge in [0.15, 0.2) is 5.65 Å². The van der Waals surface area contributed by atoms with Crippen molar-refractivity contribution in [3.8, 4) is 0 Å². The molecule has 0 bridgehead atoms. The topological polar surface area (TPSA) is 90.7 Å². The number of amides is 2. The highest BCUT2D eigenvalue weighted by Gasteiger charge is 2.25. The van der Waals surface area contributed by atoms with Crippen LogP contribution in [0.1, 0.15) is 24.1 Å². The summed E-state index contributed by atoms with van der Waals surface area (Å²) in [5, 5.41) is 11.5. The van der Waals surface area contributed by atoms with Crippen LogP contribution in [0.3, 0.4) is 0 Å². The highest BCUT2D eigenvalue weighted by Crippen LogP contribution is 2.33. The number of benzene rings is 1. The Labute approximate surface area is 196 Å². The molecule has 1 atom stereocenters. The third-order valence-electron chi connectivity index (χ3n) is 6.38. The molecule has 4 heterocycles. The van der Waals surface area contributed by atoms with Crippen molar-refractivity contribution in [1.29, 1.82) is 0 Å². The first-order chi connectivity index (χ1) is 16.5. The van der Waals surface area contributed by atoms with Gasteiger partial charge in [-0.1, -0.05) is 0 Å². The molecule has 1 aliphatic heterocycles. The third-order valence-corrected chi connectivity index (χ3v) is 6.38. The van der Waals surface area contributed by atoms with E-state index in [4.69, 9.17) is 4.98 Å². The maximum Gasteiger partial charge on any atom is 0.317 e. The number of hydrogen-bond acceptors (Lipinski definition) is 6. The molecule has 4 aromatic rings. The lowest BCUT2D eigenvalue weighted by atomic mass is 10.0. The number of rotatable bonds is 4. The van der Waals surface area contributed by atoms with Crippen LogP contribution in [-0.4, -0.2) is 63.7 Å². The van der Waals surface area contributed by atoms with E-state index in [0.29, 0.717) is 37.3 Å². The number of halogens is 1. The zero-order chi connectivity index (χ0) is 23.8. The van der Waals surface area contributed by atoms with Gasteiger partial charge >= 0.3 is 6.03 Å². The lowest BCUT2D eigenvalue weighted by Crippen LogP contribution is -2.51. The lowest BCUT2D eigenvalue weighted by Gasteiger charge is -2.36. The Bertz CT molecular complexity index is 1360. The molecule has 10 heteroatoms. The molecule has 1 aromatic carbocycles. The molecular weight excluding hydrogens is 435 g/mol. The number of fused-ring (bicyclic) bond motifs is 2. The van der Waals surface area contributed by atoms with Gasteiger partial charge in [0.2, 0.25) is 0 Å². The summed E-state index contributed by atoms with van der Waals surface area (Å²) in [5.41, 5.74) is 2.93. The molecule has 5 rings (SSSR count). The number of pyridine rings is 1. The van der Waals surface area contributed by atoms with Crippen molar-refractivity contribution in [2.45, 2.75) is 19.9 Å². The molecule has 0 aliphatic carbocycles. The Morgan fingerprint density at radius 2 is 1.91 bits per heavy atom. The minimum atomic E-state index is -0.271. The second-order valence-electron chi connectivity index (χ2n) is 8.47. The fourth-order valence-corrected chi connectivity index (χ4v) is 4.46. The van der Waals surface area contributed by atoms with Gasteiger partial charge in [0, 0.05) is 62.0 Å². The van der Waals surface area contributed by atoms with Crippen LogP contribution in [0.4, 0.5) is 20.8 Å². The summed E-state index contributed by atoms with van der Waals surface area (Å²) in [6.45, 7) is 6.27. The number of nitrogens with zero attached hydrogens (tertiary/aromatic N) is 6. The fraction of sp³-hybridized carbons (Fsp3) is 0.333. The minimum Gasteiger partial charge on any atom is -0.363 e. The number of carbonyl (C=O) groups excluding carboxylic acids is 1. The highest BCUT2D eigenvalue weighted by molar-refractivity contribution is 5.85. The zero-order valence-corrected chi connectivity index (χ0v) is 19.4. The molecule has 1 aliphatic rings. The van der Waals surface area contributed by atoms with Crippen LogP contribution >= 0.6 is 0 Å². The van der Waals surface area contributed by atoms with Crippen LogP contribution in [-0.2, 0) is 0 Å². The predicted octanol–water partition coefficient (Wildman–Crippen LogP) is 3.36. The van der Waals surface area contributed by atoms with E-state index in [0.717, 1.165) is 28.2 Å². The first kappa shape index (κ1) is 21.9. The summed E-state index contributed by atoms with van der Waals surface area (Å²) < 4.78 is 16.1. The molecule has 3 aromatic heterocycles. The average Bonchev–Trinajstić information content (AvgIpc) is 3.35. The second-order valence-corrected chi connectivity index (χ2v) is 8.47. The molecule has 2 amide bonds. The van der Waals surface area contributed by atoms with E-state index in [1.165, 1.54) is 6.07 Å². The standard InChI is InChI=1S/C24H27FN8O/c1-15-19(25)5-4-17-14-18(16(2)29-21-6-8-27-20-7-9-28-33(20)21)23(30-22(15)17)31-10-12-32(13-11-31)24(34)26-3/h4-9,14,16,29H,10-13H2,1-3H3,(H,26,34)/t16-/m0/s1. The Balaban J connectivity index is 1.54. The van der Waals surface area contributed by atoms with Gasteiger partial charge in [-0.05, 0) is 38.1 Å². The van der Waals surface area contributed by atoms with Gasteiger partial charge in [-0.2, -0.15) is 9.61 Å². The summed E-state index contributed by atoms with van der Waals surface area (Å²) in [6, 6.07) is 8.86. The number of carbonyl (C=O) groups is 1. The van der Waals surface area contributed by atoms with Crippen LogP contribution in [0.5, 0.6) is 0 Å². The largest absolute Gasteiger partial charge is 0.363 e. The quantitative estimate of drug-likeness (QED) is 0.483. The van der Waals surface area contributed by atoms with E-state index in [2.05, 4.69) is 38.6 Å². The smallest absolute Gasteiger partial charge is 0.317 e. The molecule has 2 N–H and O–H groups in total. The fourth-order valence-electron chi connectivity index (χ4n) is 4.46. The van der Waals surface area contributed by atoms with Gasteiger partial charge < -0.3 is 20.4 Å². The van der Waals surface area contributed by atoms with Gasteiger partial charge in [-0.25, -0.2) is 19.2 Å². The maximum atomic E-state index is 14.3. The van der Waals surface area contributed by atoms with Crippen molar-refractivity contribution in [3.05, 3.63) is 59.7 Å². The summed E-state index contributed by atoms with van der Waals surface area (Å²) in [4.78, 5) is 25.3. The van der Waals surface area contributed by atoms with Crippen LogP contribution in [0.2, 0.25) is 0 Å². The van der Waals surface area contributed by atoms with Crippen LogP contribution in [0.15, 0.2) is 42.7 Å². The maximum absolute atomic E-state index is 14.3. The Morgan fingerprint density at radius 3 is 2.68 bits per heavy atom. The number of urea groups is 1. The van der Waals surface area contributed by atoms with Gasteiger partial charge in [0.25, 0.3) is 0 Å². The van der Waals surface area contributed by atoms with Crippen molar-refractivity contribution < 1.29 is 9.18 Å². The number of nitrogens with one attached hydrogen (secondary N) is 2. The van der Waals surface area contributed by atoms with Crippen LogP contribution in [0.25, 0.3) is 16.6 Å². The number of hydrogen-bond donors (Lipinski definition) is 2. The molecule has 0 radical (unpaired) electrons. The highest BCUT2D eigenvalue weighted by atomic mass is 19.1. The second kappa shape index (κ2) is 8.77. The van der Waals surface area contributed by atoms with Crippen LogP contribution in [0, 0.1) is 12.7 Å². The number of aryl methyl sites for hydroxylation is 1. The predicted molar refractivity (Wildman–Crippen MR) is 130 cm³/mol. The van der Waals surface area contributed by atoms with Crippen LogP contribution < -0.4 is 15.5 Å². The zero-order valence-electron chi connectivity index (χ0n) is 19.4. The summed E-state index contributed by atoms with van der Waals surface area (Å²) >= 11 is 0. The molecule has 0 unspecified atom stereocenters. The number of piperazine rings is 1. The SMILES string of the molecule is CNC(=O)N1CCN(c2nc3c(C)c(F)ccc3cc2[C@H](C)Nc2ccnc3ccnn23)CC1. The molecule has 0 saturated carbocycles. The van der Waals surface area contributed by atoms with Gasteiger partial charge in [-0.3, -0.25) is 0 Å². The van der Waals surface area contributed by atoms with Crippen molar-refractivity contribution in [2.75, 3.05) is 43.4 Å². The normalized spacial score (nSPS) is 15.1. The first-order valence-electron chi connectivity index (χ1n) is 11.3. The Morgan fingerprint density at radius 1 is 1.12 bits per heavy atom. The van der Waals surface area contributed by atoms with Gasteiger partial charge in [-0.15, -0.1) is 0 Å². The first-order valence-corrected chi connectivity index (χ1v) is 11.3. The van der Waals surface area contributed by atoms with E-state index >= 15 is 0 Å². The minimum absolute atomic E-state index is 0.0831. The molecule has 1 saturated heterocycles. The van der Waals surface area contributed by atoms with E-state index in [1.807, 2.05) is 12.1 Å². The average molecular weight is 463 g/mol. The molecule has 0 spiro atoms. The van der Waals surface area contributed by atoms with E-state index in [9.17, 15) is 9.18 Å². The molecule has 176 valence electrons. The summed E-state index contributed by atoms with van der Waals surface area (Å²) in [5.74, 6) is 1.34. The summed E-state index contributed by atoms with van der Waals surface area (Å²) in [6.07, 6.45) is 3.46. The molecular formula is C24H27FN8O. The lowest BCUT2D eigenvalue weighted by molar-refractivity contribution is 0.196. The van der Waals surface area contributed by atoms with Crippen molar-refractivity contribution >= 4 is 34.2 Å². The Hall–Kier alpha value is -3.95. The van der Waals surface area contributed by atoms with E-state index < -0.39 is 0 Å². The van der Waals surface area contributed by atoms with Crippen molar-refractivity contribution in [2.24, 2.45) is 0 Å². The van der Waals surface area contributed by atoms with Gasteiger partial charge in [0.05, 0.1) is 17.8 Å². The molecule has 9 nitrogen and oxygen atoms in total. The van der Waals surface area contributed by atoms with Gasteiger partial charge in [0.1, 0.15) is 17.5 Å². The monoisotopic (exact) mass is 462 g/mol. The van der Waals surface area contributed by atoms with Crippen molar-refractivity contribution in [1.82, 2.24) is 29.8 Å². The molecule has 34 heavy (non-hydrogen) atoms. The third kappa shape index (κ3) is 3.85.